The smallest absolute Gasteiger partial charge is 0.209 e. The SMILES string of the molecule is CC(C)Cc1cc(F)c(-c2nn[nH]n2)c(N2CCC3(CC2)CC3c2cccnn2)c1. The number of benzene rings is 1. The fraction of sp³-hybridized carbons (Fsp3) is 0.500. The molecule has 5 rings (SSSR count). The van der Waals surface area contributed by atoms with Gasteiger partial charge in [-0.15, -0.1) is 10.2 Å². The highest BCUT2D eigenvalue weighted by Crippen LogP contribution is 2.64. The monoisotopic (exact) mass is 407 g/mol. The Hall–Kier alpha value is -2.90. The molecule has 0 amide bonds. The van der Waals surface area contributed by atoms with Crippen LogP contribution in [0.1, 0.15) is 50.3 Å². The van der Waals surface area contributed by atoms with E-state index in [0.29, 0.717) is 28.6 Å². The average molecular weight is 407 g/mol. The molecule has 1 aliphatic carbocycles. The van der Waals surface area contributed by atoms with Crippen LogP contribution in [0.25, 0.3) is 11.4 Å². The van der Waals surface area contributed by atoms with Crippen molar-refractivity contribution in [3.8, 4) is 11.4 Å². The third-order valence-corrected chi connectivity index (χ3v) is 6.58. The summed E-state index contributed by atoms with van der Waals surface area (Å²) in [5.74, 6) is 0.975. The van der Waals surface area contributed by atoms with E-state index in [1.54, 1.807) is 12.3 Å². The summed E-state index contributed by atoms with van der Waals surface area (Å²) in [6, 6.07) is 7.77. The molecular formula is C22H26FN7. The summed E-state index contributed by atoms with van der Waals surface area (Å²) in [6.07, 6.45) is 5.85. The summed E-state index contributed by atoms with van der Waals surface area (Å²) in [4.78, 5) is 2.29. The number of piperidine rings is 1. The van der Waals surface area contributed by atoms with E-state index >= 15 is 4.39 Å². The normalized spacial score (nSPS) is 20.1. The van der Waals surface area contributed by atoms with Crippen molar-refractivity contribution in [3.63, 3.8) is 0 Å². The Kier molecular flexibility index (Phi) is 4.72. The van der Waals surface area contributed by atoms with Crippen molar-refractivity contribution in [3.05, 3.63) is 47.5 Å². The molecule has 1 saturated carbocycles. The number of aromatic nitrogens is 6. The van der Waals surface area contributed by atoms with Crippen LogP contribution < -0.4 is 4.90 Å². The minimum Gasteiger partial charge on any atom is -0.371 e. The van der Waals surface area contributed by atoms with E-state index in [4.69, 9.17) is 0 Å². The van der Waals surface area contributed by atoms with Gasteiger partial charge in [-0.1, -0.05) is 13.8 Å². The molecule has 2 aliphatic rings. The van der Waals surface area contributed by atoms with E-state index in [-0.39, 0.29) is 5.82 Å². The topological polar surface area (TPSA) is 83.5 Å². The summed E-state index contributed by atoms with van der Waals surface area (Å²) in [7, 11) is 0. The molecule has 30 heavy (non-hydrogen) atoms. The minimum absolute atomic E-state index is 0.284. The predicted molar refractivity (Wildman–Crippen MR) is 111 cm³/mol. The molecule has 2 fully saturated rings. The largest absolute Gasteiger partial charge is 0.371 e. The summed E-state index contributed by atoms with van der Waals surface area (Å²) >= 11 is 0. The lowest BCUT2D eigenvalue weighted by atomic mass is 9.89. The first-order chi connectivity index (χ1) is 14.6. The second-order valence-electron chi connectivity index (χ2n) is 9.06. The number of H-pyrrole nitrogens is 1. The molecule has 1 aromatic carbocycles. The van der Waals surface area contributed by atoms with Crippen LogP contribution in [0.4, 0.5) is 10.1 Å². The Labute approximate surface area is 175 Å². The van der Waals surface area contributed by atoms with E-state index in [9.17, 15) is 0 Å². The zero-order valence-electron chi connectivity index (χ0n) is 17.3. The second-order valence-corrected chi connectivity index (χ2v) is 9.06. The quantitative estimate of drug-likeness (QED) is 0.693. The highest BCUT2D eigenvalue weighted by Gasteiger charge is 2.56. The van der Waals surface area contributed by atoms with Gasteiger partial charge < -0.3 is 4.90 Å². The molecule has 0 radical (unpaired) electrons. The number of hydrogen-bond donors (Lipinski definition) is 1. The number of tetrazole rings is 1. The summed E-state index contributed by atoms with van der Waals surface area (Å²) < 4.78 is 15.2. The molecule has 1 N–H and O–H groups in total. The third kappa shape index (κ3) is 3.44. The maximum absolute atomic E-state index is 15.2. The molecule has 2 aromatic heterocycles. The molecule has 1 unspecified atom stereocenters. The van der Waals surface area contributed by atoms with Gasteiger partial charge in [0.1, 0.15) is 5.82 Å². The Morgan fingerprint density at radius 3 is 2.73 bits per heavy atom. The molecule has 0 bridgehead atoms. The number of aromatic amines is 1. The van der Waals surface area contributed by atoms with Crippen molar-refractivity contribution in [2.24, 2.45) is 11.3 Å². The van der Waals surface area contributed by atoms with Crippen LogP contribution in [0.5, 0.6) is 0 Å². The number of nitrogens with one attached hydrogen (secondary N) is 1. The van der Waals surface area contributed by atoms with Crippen molar-refractivity contribution >= 4 is 5.69 Å². The van der Waals surface area contributed by atoms with Gasteiger partial charge in [0.15, 0.2) is 0 Å². The van der Waals surface area contributed by atoms with E-state index in [2.05, 4.69) is 61.7 Å². The van der Waals surface area contributed by atoms with Gasteiger partial charge in [-0.2, -0.15) is 15.4 Å². The van der Waals surface area contributed by atoms with Crippen LogP contribution in [0.3, 0.4) is 0 Å². The predicted octanol–water partition coefficient (Wildman–Crippen LogP) is 3.77. The number of anilines is 1. The van der Waals surface area contributed by atoms with Crippen LogP contribution >= 0.6 is 0 Å². The summed E-state index contributed by atoms with van der Waals surface area (Å²) in [6.45, 7) is 6.06. The van der Waals surface area contributed by atoms with Crippen molar-refractivity contribution in [1.82, 2.24) is 30.8 Å². The standard InChI is InChI=1S/C22H26FN7/c1-14(2)10-15-11-17(23)20(21-26-28-29-27-21)19(12-15)30-8-5-22(6-9-30)13-16(22)18-4-3-7-24-25-18/h3-4,7,11-12,14,16H,5-6,8-10,13H2,1-2H3,(H,26,27,28,29). The van der Waals surface area contributed by atoms with E-state index in [1.807, 2.05) is 6.07 Å². The van der Waals surface area contributed by atoms with Crippen molar-refractivity contribution < 1.29 is 4.39 Å². The van der Waals surface area contributed by atoms with Gasteiger partial charge in [0, 0.05) is 25.2 Å². The third-order valence-electron chi connectivity index (χ3n) is 6.58. The van der Waals surface area contributed by atoms with Gasteiger partial charge >= 0.3 is 0 Å². The molecule has 1 aliphatic heterocycles. The van der Waals surface area contributed by atoms with Gasteiger partial charge in [-0.3, -0.25) is 0 Å². The van der Waals surface area contributed by atoms with E-state index < -0.39 is 0 Å². The first kappa shape index (κ1) is 19.1. The first-order valence-corrected chi connectivity index (χ1v) is 10.6. The van der Waals surface area contributed by atoms with Gasteiger partial charge in [0.25, 0.3) is 0 Å². The molecule has 156 valence electrons. The molecule has 1 spiro atoms. The number of hydrogen-bond acceptors (Lipinski definition) is 6. The fourth-order valence-electron chi connectivity index (χ4n) is 4.99. The van der Waals surface area contributed by atoms with Crippen LogP contribution in [0.15, 0.2) is 30.5 Å². The first-order valence-electron chi connectivity index (χ1n) is 10.6. The molecular weight excluding hydrogens is 381 g/mol. The lowest BCUT2D eigenvalue weighted by Crippen LogP contribution is -2.35. The average Bonchev–Trinajstić information content (AvgIpc) is 3.16. The Morgan fingerprint density at radius 2 is 2.07 bits per heavy atom. The van der Waals surface area contributed by atoms with Crippen molar-refractivity contribution in [1.29, 1.82) is 0 Å². The van der Waals surface area contributed by atoms with Gasteiger partial charge in [-0.25, -0.2) is 4.39 Å². The van der Waals surface area contributed by atoms with Crippen molar-refractivity contribution in [2.45, 2.75) is 45.4 Å². The molecule has 3 aromatic rings. The lowest BCUT2D eigenvalue weighted by molar-refractivity contribution is 0.369. The molecule has 1 atom stereocenters. The van der Waals surface area contributed by atoms with Gasteiger partial charge in [0.05, 0.1) is 16.9 Å². The zero-order chi connectivity index (χ0) is 20.7. The molecule has 3 heterocycles. The minimum atomic E-state index is -0.284. The maximum atomic E-state index is 15.2. The zero-order valence-corrected chi connectivity index (χ0v) is 17.3. The molecule has 8 heteroatoms. The highest BCUT2D eigenvalue weighted by molar-refractivity contribution is 5.76. The maximum Gasteiger partial charge on any atom is 0.209 e. The number of halogens is 1. The van der Waals surface area contributed by atoms with Crippen LogP contribution in [-0.2, 0) is 6.42 Å². The van der Waals surface area contributed by atoms with Crippen molar-refractivity contribution in [2.75, 3.05) is 18.0 Å². The van der Waals surface area contributed by atoms with E-state index in [1.165, 1.54) is 6.42 Å². The Bertz CT molecular complexity index is 1010. The van der Waals surface area contributed by atoms with Gasteiger partial charge in [0.2, 0.25) is 5.82 Å². The second kappa shape index (κ2) is 7.41. The Balaban J connectivity index is 1.41. The molecule has 1 saturated heterocycles. The summed E-state index contributed by atoms with van der Waals surface area (Å²) in [5.41, 5.74) is 3.73. The molecule has 7 nitrogen and oxygen atoms in total. The highest BCUT2D eigenvalue weighted by atomic mass is 19.1. The van der Waals surface area contributed by atoms with Crippen LogP contribution in [-0.4, -0.2) is 43.9 Å². The number of nitrogens with zero attached hydrogens (tertiary/aromatic N) is 6. The summed E-state index contributed by atoms with van der Waals surface area (Å²) in [5, 5.41) is 22.6. The van der Waals surface area contributed by atoms with Crippen LogP contribution in [0, 0.1) is 17.2 Å². The van der Waals surface area contributed by atoms with Gasteiger partial charge in [-0.05, 0) is 72.1 Å². The van der Waals surface area contributed by atoms with E-state index in [0.717, 1.165) is 49.3 Å². The lowest BCUT2D eigenvalue weighted by Gasteiger charge is -2.35. The van der Waals surface area contributed by atoms with Crippen LogP contribution in [0.2, 0.25) is 0 Å². The fourth-order valence-corrected chi connectivity index (χ4v) is 4.99. The Morgan fingerprint density at radius 1 is 1.23 bits per heavy atom. The number of rotatable bonds is 5.